The zero-order chi connectivity index (χ0) is 7.56. The van der Waals surface area contributed by atoms with E-state index in [-0.39, 0.29) is 0 Å². The summed E-state index contributed by atoms with van der Waals surface area (Å²) in [6.45, 7) is 0.602. The summed E-state index contributed by atoms with van der Waals surface area (Å²) in [4.78, 5) is 10.3. The minimum Gasteiger partial charge on any atom is -0.480 e. The number of carbonyl (C=O) groups is 1. The molecule has 1 aliphatic heterocycles. The molecule has 2 atom stereocenters. The van der Waals surface area contributed by atoms with Gasteiger partial charge in [-0.25, -0.2) is 5.43 Å². The van der Waals surface area contributed by atoms with E-state index in [2.05, 4.69) is 10.9 Å². The first-order valence-electron chi connectivity index (χ1n) is 3.11. The Morgan fingerprint density at radius 2 is 2.30 bits per heavy atom. The highest BCUT2D eigenvalue weighted by molar-refractivity contribution is 5.74. The Kier molecular flexibility index (Phi) is 2.21. The normalized spacial score (nSPS) is 33.7. The average Bonchev–Trinajstić information content (AvgIpc) is 1.88. The van der Waals surface area contributed by atoms with Gasteiger partial charge in [-0.15, -0.1) is 0 Å². The van der Waals surface area contributed by atoms with Crippen LogP contribution < -0.4 is 10.9 Å². The first-order chi connectivity index (χ1) is 4.72. The van der Waals surface area contributed by atoms with Gasteiger partial charge in [0.05, 0.1) is 6.10 Å². The van der Waals surface area contributed by atoms with Crippen LogP contribution >= 0.6 is 0 Å². The van der Waals surface area contributed by atoms with Crippen LogP contribution in [0.25, 0.3) is 0 Å². The first-order valence-corrected chi connectivity index (χ1v) is 3.11. The Balaban J connectivity index is 2.47. The lowest BCUT2D eigenvalue weighted by molar-refractivity contribution is -0.144. The predicted octanol–water partition coefficient (Wildman–Crippen LogP) is -1.70. The molecule has 1 heterocycles. The van der Waals surface area contributed by atoms with Crippen molar-refractivity contribution in [2.75, 3.05) is 6.54 Å². The van der Waals surface area contributed by atoms with Gasteiger partial charge in [-0.2, -0.15) is 0 Å². The van der Waals surface area contributed by atoms with Gasteiger partial charge >= 0.3 is 5.97 Å². The van der Waals surface area contributed by atoms with Crippen molar-refractivity contribution in [1.29, 1.82) is 0 Å². The van der Waals surface area contributed by atoms with Crippen molar-refractivity contribution < 1.29 is 15.0 Å². The van der Waals surface area contributed by atoms with Crippen LogP contribution in [-0.2, 0) is 4.79 Å². The molecule has 0 aromatic rings. The average molecular weight is 146 g/mol. The Bertz CT molecular complexity index is 139. The summed E-state index contributed by atoms with van der Waals surface area (Å²) in [5, 5.41) is 17.5. The minimum atomic E-state index is -1.03. The van der Waals surface area contributed by atoms with Gasteiger partial charge in [0.25, 0.3) is 0 Å². The molecule has 0 amide bonds. The fraction of sp³-hybridized carbons (Fsp3) is 0.800. The largest absolute Gasteiger partial charge is 0.480 e. The lowest BCUT2D eigenvalue weighted by atomic mass is 10.1. The third-order valence-corrected chi connectivity index (χ3v) is 1.47. The van der Waals surface area contributed by atoms with Gasteiger partial charge < -0.3 is 10.2 Å². The number of aliphatic hydroxyl groups excluding tert-OH is 1. The van der Waals surface area contributed by atoms with Gasteiger partial charge in [-0.1, -0.05) is 0 Å². The molecule has 0 bridgehead atoms. The van der Waals surface area contributed by atoms with E-state index in [0.29, 0.717) is 13.0 Å². The van der Waals surface area contributed by atoms with Gasteiger partial charge in [0.2, 0.25) is 0 Å². The zero-order valence-electron chi connectivity index (χ0n) is 5.37. The highest BCUT2D eigenvalue weighted by Crippen LogP contribution is 2.01. The molecule has 0 aromatic carbocycles. The first kappa shape index (κ1) is 7.46. The second-order valence-electron chi connectivity index (χ2n) is 2.24. The number of aliphatic carboxylic acids is 1. The summed E-state index contributed by atoms with van der Waals surface area (Å²) in [6.07, 6.45) is -0.303. The van der Waals surface area contributed by atoms with E-state index < -0.39 is 18.1 Å². The highest BCUT2D eigenvalue weighted by atomic mass is 16.4. The van der Waals surface area contributed by atoms with Crippen molar-refractivity contribution in [2.24, 2.45) is 0 Å². The van der Waals surface area contributed by atoms with E-state index in [0.717, 1.165) is 0 Å². The number of hydrogen-bond acceptors (Lipinski definition) is 4. The van der Waals surface area contributed by atoms with Crippen molar-refractivity contribution >= 4 is 5.97 Å². The standard InChI is InChI=1S/C5H10N2O3/c8-3-1-2-6-7-4(3)5(9)10/h3-4,6-8H,1-2H2,(H,9,10)/t3-,4+/m1/s1. The molecule has 58 valence electrons. The van der Waals surface area contributed by atoms with Crippen LogP contribution in [0.1, 0.15) is 6.42 Å². The molecule has 10 heavy (non-hydrogen) atoms. The molecule has 0 radical (unpaired) electrons. The van der Waals surface area contributed by atoms with Crippen LogP contribution in [0.4, 0.5) is 0 Å². The Labute approximate surface area is 58.0 Å². The van der Waals surface area contributed by atoms with Crippen LogP contribution in [0.3, 0.4) is 0 Å². The second kappa shape index (κ2) is 2.96. The number of nitrogens with one attached hydrogen (secondary N) is 2. The van der Waals surface area contributed by atoms with E-state index in [9.17, 15) is 4.79 Å². The fourth-order valence-electron chi connectivity index (χ4n) is 0.891. The smallest absolute Gasteiger partial charge is 0.324 e. The molecule has 4 N–H and O–H groups in total. The molecular formula is C5H10N2O3. The Hall–Kier alpha value is -0.650. The molecule has 1 saturated heterocycles. The van der Waals surface area contributed by atoms with Gasteiger partial charge in [0.1, 0.15) is 6.04 Å². The van der Waals surface area contributed by atoms with Crippen LogP contribution in [0.15, 0.2) is 0 Å². The van der Waals surface area contributed by atoms with Gasteiger partial charge in [-0.05, 0) is 6.42 Å². The molecule has 1 aliphatic rings. The molecule has 1 rings (SSSR count). The number of rotatable bonds is 1. The van der Waals surface area contributed by atoms with Gasteiger partial charge in [0.15, 0.2) is 0 Å². The minimum absolute atomic E-state index is 0.476. The lowest BCUT2D eigenvalue weighted by Crippen LogP contribution is -2.57. The molecule has 0 spiro atoms. The maximum atomic E-state index is 10.3. The molecule has 0 aliphatic carbocycles. The SMILES string of the molecule is O=C(O)[C@H]1NNCC[C@H]1O. The number of hydrazine groups is 1. The van der Waals surface area contributed by atoms with E-state index in [1.807, 2.05) is 0 Å². The third kappa shape index (κ3) is 1.44. The molecule has 5 nitrogen and oxygen atoms in total. The maximum absolute atomic E-state index is 10.3. The summed E-state index contributed by atoms with van der Waals surface area (Å²) in [7, 11) is 0. The Morgan fingerprint density at radius 3 is 2.70 bits per heavy atom. The van der Waals surface area contributed by atoms with Gasteiger partial charge in [0, 0.05) is 6.54 Å². The molecule has 5 heteroatoms. The van der Waals surface area contributed by atoms with E-state index in [4.69, 9.17) is 10.2 Å². The van der Waals surface area contributed by atoms with Crippen molar-refractivity contribution in [3.05, 3.63) is 0 Å². The quantitative estimate of drug-likeness (QED) is 0.354. The summed E-state index contributed by atoms with van der Waals surface area (Å²) in [6, 6.07) is -0.867. The molecule has 0 saturated carbocycles. The lowest BCUT2D eigenvalue weighted by Gasteiger charge is -2.25. The zero-order valence-corrected chi connectivity index (χ0v) is 5.37. The van der Waals surface area contributed by atoms with Crippen LogP contribution in [-0.4, -0.2) is 34.9 Å². The molecule has 0 unspecified atom stereocenters. The van der Waals surface area contributed by atoms with E-state index in [1.54, 1.807) is 0 Å². The topological polar surface area (TPSA) is 81.6 Å². The summed E-state index contributed by atoms with van der Waals surface area (Å²) >= 11 is 0. The number of carboxylic acid groups (broad SMARTS) is 1. The second-order valence-corrected chi connectivity index (χ2v) is 2.24. The van der Waals surface area contributed by atoms with Crippen LogP contribution in [0.2, 0.25) is 0 Å². The van der Waals surface area contributed by atoms with E-state index in [1.165, 1.54) is 0 Å². The molecular weight excluding hydrogens is 136 g/mol. The maximum Gasteiger partial charge on any atom is 0.324 e. The van der Waals surface area contributed by atoms with Crippen molar-refractivity contribution in [3.8, 4) is 0 Å². The van der Waals surface area contributed by atoms with Crippen LogP contribution in [0.5, 0.6) is 0 Å². The van der Waals surface area contributed by atoms with Crippen molar-refractivity contribution in [2.45, 2.75) is 18.6 Å². The van der Waals surface area contributed by atoms with Gasteiger partial charge in [-0.3, -0.25) is 10.2 Å². The number of hydrogen-bond donors (Lipinski definition) is 4. The summed E-state index contributed by atoms with van der Waals surface area (Å²) in [5.41, 5.74) is 5.12. The van der Waals surface area contributed by atoms with Crippen molar-refractivity contribution in [3.63, 3.8) is 0 Å². The van der Waals surface area contributed by atoms with E-state index >= 15 is 0 Å². The predicted molar refractivity (Wildman–Crippen MR) is 33.2 cm³/mol. The third-order valence-electron chi connectivity index (χ3n) is 1.47. The fourth-order valence-corrected chi connectivity index (χ4v) is 0.891. The number of aliphatic hydroxyl groups is 1. The summed E-state index contributed by atoms with van der Waals surface area (Å²) in [5.74, 6) is -1.03. The van der Waals surface area contributed by atoms with Crippen molar-refractivity contribution in [1.82, 2.24) is 10.9 Å². The summed E-state index contributed by atoms with van der Waals surface area (Å²) < 4.78 is 0. The monoisotopic (exact) mass is 146 g/mol. The molecule has 1 fully saturated rings. The number of carboxylic acids is 1. The highest BCUT2D eigenvalue weighted by Gasteiger charge is 2.28. The van der Waals surface area contributed by atoms with Crippen LogP contribution in [0, 0.1) is 0 Å². The molecule has 0 aromatic heterocycles. The Morgan fingerprint density at radius 1 is 1.60 bits per heavy atom.